The van der Waals surface area contributed by atoms with Crippen LogP contribution in [0.25, 0.3) is 16.5 Å². The molecule has 0 saturated heterocycles. The fourth-order valence-corrected chi connectivity index (χ4v) is 3.66. The maximum absolute atomic E-state index is 13.0. The van der Waals surface area contributed by atoms with Crippen molar-refractivity contribution < 1.29 is 9.59 Å². The molecule has 0 unspecified atom stereocenters. The summed E-state index contributed by atoms with van der Waals surface area (Å²) in [6.07, 6.45) is 0. The van der Waals surface area contributed by atoms with E-state index in [-0.39, 0.29) is 17.4 Å². The summed E-state index contributed by atoms with van der Waals surface area (Å²) in [5.74, 6) is 0.464. The lowest BCUT2D eigenvalue weighted by Crippen LogP contribution is -2.21. The third-order valence-corrected chi connectivity index (χ3v) is 5.45. The molecule has 0 radical (unpaired) electrons. The molecule has 3 amide bonds. The molecule has 4 aromatic rings. The molecule has 7 nitrogen and oxygen atoms in total. The molecule has 1 aromatic heterocycles. The predicted molar refractivity (Wildman–Crippen MR) is 136 cm³/mol. The lowest BCUT2D eigenvalue weighted by molar-refractivity contribution is -0.119. The van der Waals surface area contributed by atoms with Crippen LogP contribution in [-0.2, 0) is 16.8 Å². The first kappa shape index (κ1) is 23.0. The van der Waals surface area contributed by atoms with E-state index in [1.807, 2.05) is 72.8 Å². The number of carbonyl (C=O) groups excluding carboxylic acids is 2. The van der Waals surface area contributed by atoms with Crippen molar-refractivity contribution >= 4 is 34.2 Å². The van der Waals surface area contributed by atoms with Crippen LogP contribution in [0.15, 0.2) is 72.8 Å². The van der Waals surface area contributed by atoms with Gasteiger partial charge in [-0.2, -0.15) is 5.10 Å². The Morgan fingerprint density at radius 1 is 0.912 bits per heavy atom. The van der Waals surface area contributed by atoms with Gasteiger partial charge in [-0.1, -0.05) is 69.3 Å². The van der Waals surface area contributed by atoms with Crippen molar-refractivity contribution in [2.24, 2.45) is 0 Å². The quantitative estimate of drug-likeness (QED) is 0.366. The number of carbonyl (C=O) groups is 2. The van der Waals surface area contributed by atoms with Crippen LogP contribution in [0.5, 0.6) is 0 Å². The second-order valence-corrected chi connectivity index (χ2v) is 9.26. The maximum atomic E-state index is 13.0. The average molecular weight is 456 g/mol. The second kappa shape index (κ2) is 9.39. The van der Waals surface area contributed by atoms with Crippen molar-refractivity contribution in [3.05, 3.63) is 84.1 Å². The Balaban J connectivity index is 1.64. The zero-order valence-corrected chi connectivity index (χ0v) is 19.8. The van der Waals surface area contributed by atoms with E-state index in [4.69, 9.17) is 5.10 Å². The highest BCUT2D eigenvalue weighted by atomic mass is 16.2. The van der Waals surface area contributed by atoms with E-state index in [2.05, 4.69) is 36.7 Å². The number of fused-ring (bicyclic) bond motifs is 1. The lowest BCUT2D eigenvalue weighted by Gasteiger charge is -2.14. The zero-order chi connectivity index (χ0) is 24.3. The van der Waals surface area contributed by atoms with Crippen LogP contribution < -0.4 is 16.0 Å². The Labute approximate surface area is 199 Å². The number of hydrogen-bond donors (Lipinski definition) is 3. The number of nitrogens with one attached hydrogen (secondary N) is 3. The predicted octanol–water partition coefficient (Wildman–Crippen LogP) is 5.60. The van der Waals surface area contributed by atoms with Crippen LogP contribution in [0.3, 0.4) is 0 Å². The van der Waals surface area contributed by atoms with Crippen molar-refractivity contribution in [3.63, 3.8) is 0 Å². The van der Waals surface area contributed by atoms with Gasteiger partial charge in [0.05, 0.1) is 17.1 Å². The molecule has 174 valence electrons. The van der Waals surface area contributed by atoms with Crippen LogP contribution in [0.1, 0.15) is 39.0 Å². The van der Waals surface area contributed by atoms with Crippen molar-refractivity contribution in [1.82, 2.24) is 15.1 Å². The third kappa shape index (κ3) is 5.26. The van der Waals surface area contributed by atoms with Gasteiger partial charge < -0.3 is 10.6 Å². The Kier molecular flexibility index (Phi) is 6.36. The monoisotopic (exact) mass is 455 g/mol. The standard InChI is InChI=1S/C27H29N5O2/c1-18(33)28-17-19-9-7-12-21(15-19)32-25(16-24(31-32)27(2,3)4)30-26(34)29-23-14-8-11-20-10-5-6-13-22(20)23/h5-16H,17H2,1-4H3,(H,28,33)(H2,29,30,34). The van der Waals surface area contributed by atoms with E-state index < -0.39 is 0 Å². The first-order chi connectivity index (χ1) is 16.2. The van der Waals surface area contributed by atoms with Crippen LogP contribution in [0.4, 0.5) is 16.3 Å². The lowest BCUT2D eigenvalue weighted by atomic mass is 9.92. The first-order valence-corrected chi connectivity index (χ1v) is 11.2. The van der Waals surface area contributed by atoms with Gasteiger partial charge in [0.15, 0.2) is 0 Å². The highest BCUT2D eigenvalue weighted by Gasteiger charge is 2.22. The first-order valence-electron chi connectivity index (χ1n) is 11.2. The molecule has 0 atom stereocenters. The van der Waals surface area contributed by atoms with E-state index in [9.17, 15) is 9.59 Å². The molecule has 1 heterocycles. The summed E-state index contributed by atoms with van der Waals surface area (Å²) < 4.78 is 1.72. The van der Waals surface area contributed by atoms with E-state index in [0.29, 0.717) is 12.4 Å². The minimum absolute atomic E-state index is 0.0908. The number of anilines is 2. The van der Waals surface area contributed by atoms with E-state index in [1.54, 1.807) is 4.68 Å². The van der Waals surface area contributed by atoms with Crippen LogP contribution in [0.2, 0.25) is 0 Å². The number of hydrogen-bond acceptors (Lipinski definition) is 3. The molecular formula is C27H29N5O2. The van der Waals surface area contributed by atoms with Gasteiger partial charge in [-0.05, 0) is 29.1 Å². The number of urea groups is 1. The van der Waals surface area contributed by atoms with Gasteiger partial charge in [0, 0.05) is 30.3 Å². The molecule has 0 bridgehead atoms. The fraction of sp³-hybridized carbons (Fsp3) is 0.222. The minimum Gasteiger partial charge on any atom is -0.352 e. The van der Waals surface area contributed by atoms with Crippen molar-refractivity contribution in [1.29, 1.82) is 0 Å². The molecule has 7 heteroatoms. The highest BCUT2D eigenvalue weighted by molar-refractivity contribution is 6.06. The molecule has 3 N–H and O–H groups in total. The Morgan fingerprint density at radius 2 is 1.65 bits per heavy atom. The van der Waals surface area contributed by atoms with Crippen LogP contribution in [0, 0.1) is 0 Å². The summed E-state index contributed by atoms with van der Waals surface area (Å²) >= 11 is 0. The van der Waals surface area contributed by atoms with Crippen LogP contribution in [-0.4, -0.2) is 21.7 Å². The van der Waals surface area contributed by atoms with Gasteiger partial charge in [0.25, 0.3) is 0 Å². The molecule has 3 aromatic carbocycles. The Morgan fingerprint density at radius 3 is 2.41 bits per heavy atom. The van der Waals surface area contributed by atoms with E-state index in [1.165, 1.54) is 6.92 Å². The van der Waals surface area contributed by atoms with Crippen molar-refractivity contribution in [2.75, 3.05) is 10.6 Å². The van der Waals surface area contributed by atoms with Gasteiger partial charge >= 0.3 is 6.03 Å². The summed E-state index contributed by atoms with van der Waals surface area (Å²) in [4.78, 5) is 24.3. The van der Waals surface area contributed by atoms with Gasteiger partial charge in [-0.25, -0.2) is 9.48 Å². The molecule has 0 saturated carbocycles. The Bertz CT molecular complexity index is 1350. The second-order valence-electron chi connectivity index (χ2n) is 9.26. The smallest absolute Gasteiger partial charge is 0.324 e. The number of amides is 3. The summed E-state index contributed by atoms with van der Waals surface area (Å²) in [6.45, 7) is 8.14. The van der Waals surface area contributed by atoms with Gasteiger partial charge in [0.2, 0.25) is 5.91 Å². The van der Waals surface area contributed by atoms with Crippen LogP contribution >= 0.6 is 0 Å². The normalized spacial score (nSPS) is 11.3. The molecule has 0 aliphatic carbocycles. The van der Waals surface area contributed by atoms with Crippen molar-refractivity contribution in [2.45, 2.75) is 39.7 Å². The molecule has 4 rings (SSSR count). The van der Waals surface area contributed by atoms with E-state index in [0.717, 1.165) is 33.4 Å². The summed E-state index contributed by atoms with van der Waals surface area (Å²) in [6, 6.07) is 23.0. The largest absolute Gasteiger partial charge is 0.352 e. The molecule has 0 aliphatic rings. The molecular weight excluding hydrogens is 426 g/mol. The molecule has 34 heavy (non-hydrogen) atoms. The van der Waals surface area contributed by atoms with Crippen molar-refractivity contribution in [3.8, 4) is 5.69 Å². The third-order valence-electron chi connectivity index (χ3n) is 5.45. The summed E-state index contributed by atoms with van der Waals surface area (Å²) in [5.41, 5.74) is 3.10. The topological polar surface area (TPSA) is 88.1 Å². The number of rotatable bonds is 5. The summed E-state index contributed by atoms with van der Waals surface area (Å²) in [5, 5.41) is 15.5. The highest BCUT2D eigenvalue weighted by Crippen LogP contribution is 2.27. The number of nitrogens with zero attached hydrogens (tertiary/aromatic N) is 2. The van der Waals surface area contributed by atoms with E-state index >= 15 is 0 Å². The molecule has 0 aliphatic heterocycles. The van der Waals surface area contributed by atoms with Gasteiger partial charge in [0.1, 0.15) is 5.82 Å². The van der Waals surface area contributed by atoms with Gasteiger partial charge in [-0.3, -0.25) is 10.1 Å². The SMILES string of the molecule is CC(=O)NCc1cccc(-n2nc(C(C)(C)C)cc2NC(=O)Nc2cccc3ccccc23)c1. The summed E-state index contributed by atoms with van der Waals surface area (Å²) in [7, 11) is 0. The number of aromatic nitrogens is 2. The fourth-order valence-electron chi connectivity index (χ4n) is 3.66. The average Bonchev–Trinajstić information content (AvgIpc) is 3.22. The number of benzene rings is 3. The maximum Gasteiger partial charge on any atom is 0.324 e. The zero-order valence-electron chi connectivity index (χ0n) is 19.8. The van der Waals surface area contributed by atoms with Gasteiger partial charge in [-0.15, -0.1) is 0 Å². The molecule has 0 fully saturated rings. The Hall–Kier alpha value is -4.13. The molecule has 0 spiro atoms. The minimum atomic E-state index is -0.354.